The number of aryl methyl sites for hydroxylation is 2. The van der Waals surface area contributed by atoms with Crippen LogP contribution in [0.3, 0.4) is 0 Å². The summed E-state index contributed by atoms with van der Waals surface area (Å²) in [5, 5.41) is 4.11. The third kappa shape index (κ3) is 2.08. The van der Waals surface area contributed by atoms with Crippen LogP contribution in [0.25, 0.3) is 5.32 Å². The van der Waals surface area contributed by atoms with Gasteiger partial charge in [0.25, 0.3) is 0 Å². The molecule has 0 saturated heterocycles. The molecule has 0 atom stereocenters. The largest absolute Gasteiger partial charge is 0.665 e. The van der Waals surface area contributed by atoms with E-state index < -0.39 is 0 Å². The fourth-order valence-corrected chi connectivity index (χ4v) is 1.47. The Hall–Kier alpha value is -0.820. The van der Waals surface area contributed by atoms with Crippen LogP contribution < -0.4 is 0 Å². The van der Waals surface area contributed by atoms with Crippen molar-refractivity contribution in [3.8, 4) is 0 Å². The first-order chi connectivity index (χ1) is 5.75. The van der Waals surface area contributed by atoms with Crippen LogP contribution >= 0.6 is 0 Å². The molecule has 1 aromatic carbocycles. The van der Waals surface area contributed by atoms with E-state index in [2.05, 4.69) is 37.4 Å². The number of hydrogen-bond donors (Lipinski definition) is 0. The summed E-state index contributed by atoms with van der Waals surface area (Å²) in [5.74, 6) is 0. The van der Waals surface area contributed by atoms with Gasteiger partial charge in [0.05, 0.1) is 0 Å². The number of benzene rings is 1. The van der Waals surface area contributed by atoms with E-state index in [1.165, 1.54) is 16.7 Å². The lowest BCUT2D eigenvalue weighted by molar-refractivity contribution is 1.01. The van der Waals surface area contributed by atoms with E-state index in [4.69, 9.17) is 0 Å². The zero-order chi connectivity index (χ0) is 8.97. The molecule has 66 valence electrons. The molecular formula is C11H16N-. The summed E-state index contributed by atoms with van der Waals surface area (Å²) in [7, 11) is 1.87. The van der Waals surface area contributed by atoms with Crippen molar-refractivity contribution >= 4 is 0 Å². The molecule has 0 aliphatic carbocycles. The fraction of sp³-hybridized carbons (Fsp3) is 0.455. The van der Waals surface area contributed by atoms with E-state index in [1.54, 1.807) is 0 Å². The van der Waals surface area contributed by atoms with Crippen LogP contribution in [0.5, 0.6) is 0 Å². The minimum atomic E-state index is 0.936. The van der Waals surface area contributed by atoms with Crippen molar-refractivity contribution in [1.29, 1.82) is 0 Å². The lowest BCUT2D eigenvalue weighted by atomic mass is 10.0. The van der Waals surface area contributed by atoms with Crippen molar-refractivity contribution < 1.29 is 0 Å². The Balaban J connectivity index is 2.81. The zero-order valence-electron chi connectivity index (χ0n) is 8.09. The summed E-state index contributed by atoms with van der Waals surface area (Å²) >= 11 is 0. The molecule has 0 fully saturated rings. The Kier molecular flexibility index (Phi) is 3.30. The monoisotopic (exact) mass is 162 g/mol. The van der Waals surface area contributed by atoms with Crippen LogP contribution in [0.4, 0.5) is 0 Å². The molecule has 0 radical (unpaired) electrons. The molecule has 1 aromatic rings. The standard InChI is InChI=1S/C11H16N/c1-9-5-4-6-10(2)11(9)7-8-12-3/h4-6H,7-8H2,1-3H3/q-1. The molecule has 0 saturated carbocycles. The van der Waals surface area contributed by atoms with Gasteiger partial charge in [-0.2, -0.15) is 7.05 Å². The van der Waals surface area contributed by atoms with E-state index in [0.717, 1.165) is 13.0 Å². The van der Waals surface area contributed by atoms with Crippen molar-refractivity contribution in [2.24, 2.45) is 0 Å². The minimum Gasteiger partial charge on any atom is -0.665 e. The van der Waals surface area contributed by atoms with Crippen LogP contribution in [-0.4, -0.2) is 13.6 Å². The second-order valence-electron chi connectivity index (χ2n) is 3.16. The predicted molar refractivity (Wildman–Crippen MR) is 53.8 cm³/mol. The average molecular weight is 162 g/mol. The number of nitrogens with zero attached hydrogens (tertiary/aromatic N) is 1. The van der Waals surface area contributed by atoms with E-state index >= 15 is 0 Å². The van der Waals surface area contributed by atoms with Gasteiger partial charge in [-0.25, -0.2) is 0 Å². The smallest absolute Gasteiger partial charge is 0.0395 e. The Morgan fingerprint density at radius 3 is 2.25 bits per heavy atom. The van der Waals surface area contributed by atoms with Gasteiger partial charge in [-0.3, -0.25) is 0 Å². The quantitative estimate of drug-likeness (QED) is 0.649. The summed E-state index contributed by atoms with van der Waals surface area (Å²) in [4.78, 5) is 0. The molecule has 0 N–H and O–H groups in total. The maximum atomic E-state index is 4.11. The van der Waals surface area contributed by atoms with Crippen LogP contribution in [0, 0.1) is 13.8 Å². The topological polar surface area (TPSA) is 14.1 Å². The lowest BCUT2D eigenvalue weighted by Crippen LogP contribution is -1.96. The highest BCUT2D eigenvalue weighted by Crippen LogP contribution is 2.13. The first kappa shape index (κ1) is 9.27. The number of rotatable bonds is 3. The molecule has 1 heteroatoms. The third-order valence-electron chi connectivity index (χ3n) is 2.23. The Morgan fingerprint density at radius 2 is 1.75 bits per heavy atom. The van der Waals surface area contributed by atoms with Crippen LogP contribution in [0.1, 0.15) is 16.7 Å². The molecule has 0 heterocycles. The molecule has 0 amide bonds. The summed E-state index contributed by atoms with van der Waals surface area (Å²) < 4.78 is 0. The van der Waals surface area contributed by atoms with Gasteiger partial charge in [0, 0.05) is 0 Å². The molecule has 0 aliphatic rings. The molecule has 1 rings (SSSR count). The Morgan fingerprint density at radius 1 is 1.17 bits per heavy atom. The number of likely N-dealkylation sites (N-methyl/N-ethyl adjacent to an activating group) is 1. The van der Waals surface area contributed by atoms with E-state index in [1.807, 2.05) is 7.05 Å². The molecule has 1 nitrogen and oxygen atoms in total. The first-order valence-electron chi connectivity index (χ1n) is 4.36. The van der Waals surface area contributed by atoms with Crippen LogP contribution in [0.2, 0.25) is 0 Å². The van der Waals surface area contributed by atoms with Gasteiger partial charge >= 0.3 is 0 Å². The molecular weight excluding hydrogens is 146 g/mol. The van der Waals surface area contributed by atoms with Crippen molar-refractivity contribution in [1.82, 2.24) is 0 Å². The second-order valence-corrected chi connectivity index (χ2v) is 3.16. The average Bonchev–Trinajstić information content (AvgIpc) is 2.04. The summed E-state index contributed by atoms with van der Waals surface area (Å²) in [6.45, 7) is 5.27. The first-order valence-corrected chi connectivity index (χ1v) is 4.36. The maximum Gasteiger partial charge on any atom is -0.0395 e. The van der Waals surface area contributed by atoms with E-state index in [9.17, 15) is 0 Å². The summed E-state index contributed by atoms with van der Waals surface area (Å²) in [5.41, 5.74) is 4.24. The third-order valence-corrected chi connectivity index (χ3v) is 2.23. The molecule has 0 aliphatic heterocycles. The Labute approximate surface area is 74.8 Å². The lowest BCUT2D eigenvalue weighted by Gasteiger charge is -2.14. The fourth-order valence-electron chi connectivity index (χ4n) is 1.47. The van der Waals surface area contributed by atoms with Gasteiger partial charge < -0.3 is 5.32 Å². The highest BCUT2D eigenvalue weighted by molar-refractivity contribution is 5.33. The highest BCUT2D eigenvalue weighted by Gasteiger charge is 1.97. The summed E-state index contributed by atoms with van der Waals surface area (Å²) in [6.07, 6.45) is 1.08. The van der Waals surface area contributed by atoms with E-state index in [0.29, 0.717) is 0 Å². The molecule has 0 unspecified atom stereocenters. The van der Waals surface area contributed by atoms with Gasteiger partial charge in [0.15, 0.2) is 0 Å². The Bertz CT molecular complexity index is 233. The van der Waals surface area contributed by atoms with Crippen LogP contribution in [0.15, 0.2) is 18.2 Å². The predicted octanol–water partition coefficient (Wildman–Crippen LogP) is 2.85. The second kappa shape index (κ2) is 4.27. The van der Waals surface area contributed by atoms with Gasteiger partial charge in [-0.1, -0.05) is 18.2 Å². The van der Waals surface area contributed by atoms with Gasteiger partial charge in [0.1, 0.15) is 0 Å². The molecule has 12 heavy (non-hydrogen) atoms. The number of hydrogen-bond acceptors (Lipinski definition) is 0. The normalized spacial score (nSPS) is 10.2. The van der Waals surface area contributed by atoms with E-state index in [-0.39, 0.29) is 0 Å². The maximum absolute atomic E-state index is 4.11. The van der Waals surface area contributed by atoms with Crippen molar-refractivity contribution in [3.05, 3.63) is 40.2 Å². The van der Waals surface area contributed by atoms with Crippen molar-refractivity contribution in [2.75, 3.05) is 13.6 Å². The molecule has 0 spiro atoms. The van der Waals surface area contributed by atoms with Gasteiger partial charge in [0.2, 0.25) is 0 Å². The van der Waals surface area contributed by atoms with Gasteiger partial charge in [-0.15, -0.1) is 6.54 Å². The van der Waals surface area contributed by atoms with Crippen LogP contribution in [-0.2, 0) is 6.42 Å². The highest BCUT2D eigenvalue weighted by atomic mass is 14.8. The minimum absolute atomic E-state index is 0.936. The van der Waals surface area contributed by atoms with Crippen molar-refractivity contribution in [2.45, 2.75) is 20.3 Å². The van der Waals surface area contributed by atoms with Gasteiger partial charge in [-0.05, 0) is 37.0 Å². The zero-order valence-corrected chi connectivity index (χ0v) is 8.09. The molecule has 0 bridgehead atoms. The van der Waals surface area contributed by atoms with Crippen molar-refractivity contribution in [3.63, 3.8) is 0 Å². The SMILES string of the molecule is C[N-]CCc1c(C)cccc1C. The molecule has 0 aromatic heterocycles. The summed E-state index contributed by atoms with van der Waals surface area (Å²) in [6, 6.07) is 6.44.